The number of nitrogen functional groups attached to an aromatic ring is 1. The van der Waals surface area contributed by atoms with Crippen LogP contribution in [0, 0.1) is 0 Å². The van der Waals surface area contributed by atoms with Crippen molar-refractivity contribution in [1.29, 1.82) is 0 Å². The molecule has 0 atom stereocenters. The molecule has 0 unspecified atom stereocenters. The highest BCUT2D eigenvalue weighted by Gasteiger charge is 2.10. The summed E-state index contributed by atoms with van der Waals surface area (Å²) in [7, 11) is 0. The molecule has 0 bridgehead atoms. The first-order valence-electron chi connectivity index (χ1n) is 5.53. The van der Waals surface area contributed by atoms with E-state index in [1.807, 2.05) is 0 Å². The summed E-state index contributed by atoms with van der Waals surface area (Å²) in [5, 5.41) is 0.748. The van der Waals surface area contributed by atoms with Crippen LogP contribution in [0.3, 0.4) is 0 Å². The van der Waals surface area contributed by atoms with Gasteiger partial charge in [-0.05, 0) is 30.3 Å². The first kappa shape index (κ1) is 13.7. The van der Waals surface area contributed by atoms with Gasteiger partial charge in [0, 0.05) is 5.56 Å². The number of ketones is 1. The highest BCUT2D eigenvalue weighted by Crippen LogP contribution is 2.23. The van der Waals surface area contributed by atoms with Crippen molar-refractivity contribution in [2.75, 3.05) is 12.3 Å². The lowest BCUT2D eigenvalue weighted by Crippen LogP contribution is -2.12. The third-order valence-electron chi connectivity index (χ3n) is 2.52. The van der Waals surface area contributed by atoms with Crippen molar-refractivity contribution in [1.82, 2.24) is 0 Å². The monoisotopic (exact) mass is 295 g/mol. The molecule has 0 aromatic heterocycles. The van der Waals surface area contributed by atoms with Gasteiger partial charge in [0.25, 0.3) is 0 Å². The maximum Gasteiger partial charge on any atom is 0.200 e. The van der Waals surface area contributed by atoms with Crippen LogP contribution in [0.2, 0.25) is 10.0 Å². The lowest BCUT2D eigenvalue weighted by molar-refractivity contribution is 0.0922. The molecule has 0 fully saturated rings. The second-order valence-corrected chi connectivity index (χ2v) is 4.69. The van der Waals surface area contributed by atoms with E-state index in [0.717, 1.165) is 0 Å². The zero-order chi connectivity index (χ0) is 13.8. The number of Topliss-reactive ketones (excluding diaryl/α,β-unsaturated/α-hetero) is 1. The molecule has 3 nitrogen and oxygen atoms in total. The van der Waals surface area contributed by atoms with E-state index in [4.69, 9.17) is 33.7 Å². The number of carbonyl (C=O) groups is 1. The van der Waals surface area contributed by atoms with Crippen molar-refractivity contribution in [3.63, 3.8) is 0 Å². The molecule has 0 spiro atoms. The van der Waals surface area contributed by atoms with Gasteiger partial charge in [0.2, 0.25) is 0 Å². The van der Waals surface area contributed by atoms with Crippen molar-refractivity contribution >= 4 is 34.7 Å². The summed E-state index contributed by atoms with van der Waals surface area (Å²) in [4.78, 5) is 11.9. The minimum atomic E-state index is -0.193. The minimum absolute atomic E-state index is 0.105. The lowest BCUT2D eigenvalue weighted by Gasteiger charge is -2.08. The van der Waals surface area contributed by atoms with Crippen LogP contribution in [0.15, 0.2) is 42.5 Å². The zero-order valence-electron chi connectivity index (χ0n) is 9.90. The molecule has 2 N–H and O–H groups in total. The molecule has 0 radical (unpaired) electrons. The second-order valence-electron chi connectivity index (χ2n) is 3.88. The summed E-state index contributed by atoms with van der Waals surface area (Å²) in [6.45, 7) is -0.105. The van der Waals surface area contributed by atoms with Gasteiger partial charge in [-0.3, -0.25) is 4.79 Å². The van der Waals surface area contributed by atoms with E-state index < -0.39 is 0 Å². The average Bonchev–Trinajstić information content (AvgIpc) is 2.40. The highest BCUT2D eigenvalue weighted by atomic mass is 35.5. The van der Waals surface area contributed by atoms with Crippen LogP contribution < -0.4 is 10.5 Å². The van der Waals surface area contributed by atoms with Gasteiger partial charge in [0.1, 0.15) is 5.75 Å². The van der Waals surface area contributed by atoms with E-state index in [1.165, 1.54) is 6.07 Å². The fraction of sp³-hybridized carbons (Fsp3) is 0.0714. The van der Waals surface area contributed by atoms with Crippen LogP contribution in [0.4, 0.5) is 5.69 Å². The first-order chi connectivity index (χ1) is 9.08. The number of rotatable bonds is 4. The number of halogens is 2. The maximum absolute atomic E-state index is 11.9. The van der Waals surface area contributed by atoms with E-state index in [0.29, 0.717) is 27.0 Å². The molecule has 5 heteroatoms. The molecule has 0 saturated carbocycles. The van der Waals surface area contributed by atoms with Gasteiger partial charge in [-0.15, -0.1) is 0 Å². The number of benzene rings is 2. The molecule has 0 aliphatic carbocycles. The smallest absolute Gasteiger partial charge is 0.200 e. The third-order valence-corrected chi connectivity index (χ3v) is 3.26. The van der Waals surface area contributed by atoms with E-state index >= 15 is 0 Å². The number of nitrogens with two attached hydrogens (primary N) is 1. The van der Waals surface area contributed by atoms with Crippen molar-refractivity contribution in [3.8, 4) is 5.75 Å². The Balaban J connectivity index is 2.05. The van der Waals surface area contributed by atoms with Gasteiger partial charge < -0.3 is 10.5 Å². The molecule has 0 heterocycles. The molecule has 2 aromatic rings. The summed E-state index contributed by atoms with van der Waals surface area (Å²) in [6, 6.07) is 11.7. The molecule has 0 amide bonds. The summed E-state index contributed by atoms with van der Waals surface area (Å²) in [6.07, 6.45) is 0. The van der Waals surface area contributed by atoms with Gasteiger partial charge in [-0.2, -0.15) is 0 Å². The van der Waals surface area contributed by atoms with Gasteiger partial charge in [0.05, 0.1) is 15.7 Å². The van der Waals surface area contributed by atoms with Crippen LogP contribution in [0.1, 0.15) is 10.4 Å². The van der Waals surface area contributed by atoms with E-state index in [2.05, 4.69) is 0 Å². The normalized spacial score (nSPS) is 10.2. The number of para-hydroxylation sites is 2. The van der Waals surface area contributed by atoms with E-state index in [-0.39, 0.29) is 12.4 Å². The quantitative estimate of drug-likeness (QED) is 0.689. The number of hydrogen-bond acceptors (Lipinski definition) is 3. The van der Waals surface area contributed by atoms with Crippen LogP contribution in [0.25, 0.3) is 0 Å². The Morgan fingerprint density at radius 1 is 1.11 bits per heavy atom. The standard InChI is InChI=1S/C14H11Cl2NO2/c15-10-6-5-9(7-11(10)16)13(18)8-19-14-4-2-1-3-12(14)17/h1-7H,8,17H2. The molecule has 0 aliphatic rings. The van der Waals surface area contributed by atoms with Crippen LogP contribution in [-0.4, -0.2) is 12.4 Å². The van der Waals surface area contributed by atoms with E-state index in [1.54, 1.807) is 36.4 Å². The molecule has 0 saturated heterocycles. The van der Waals surface area contributed by atoms with Crippen molar-refractivity contribution in [3.05, 3.63) is 58.1 Å². The Morgan fingerprint density at radius 3 is 2.53 bits per heavy atom. The summed E-state index contributed by atoms with van der Waals surface area (Å²) in [5.74, 6) is 0.290. The maximum atomic E-state index is 11.9. The van der Waals surface area contributed by atoms with Gasteiger partial charge >= 0.3 is 0 Å². The van der Waals surface area contributed by atoms with Crippen molar-refractivity contribution in [2.24, 2.45) is 0 Å². The second kappa shape index (κ2) is 5.95. The summed E-state index contributed by atoms with van der Waals surface area (Å²) >= 11 is 11.6. The van der Waals surface area contributed by atoms with Crippen molar-refractivity contribution in [2.45, 2.75) is 0 Å². The Morgan fingerprint density at radius 2 is 1.84 bits per heavy atom. The highest BCUT2D eigenvalue weighted by molar-refractivity contribution is 6.42. The Bertz CT molecular complexity index is 614. The predicted molar refractivity (Wildman–Crippen MR) is 77.1 cm³/mol. The predicted octanol–water partition coefficient (Wildman–Crippen LogP) is 3.84. The van der Waals surface area contributed by atoms with Gasteiger partial charge in [-0.25, -0.2) is 0 Å². The first-order valence-corrected chi connectivity index (χ1v) is 6.29. The molecule has 2 rings (SSSR count). The molecule has 0 aliphatic heterocycles. The Labute approximate surface area is 120 Å². The largest absolute Gasteiger partial charge is 0.483 e. The molecular formula is C14H11Cl2NO2. The minimum Gasteiger partial charge on any atom is -0.483 e. The summed E-state index contributed by atoms with van der Waals surface area (Å²) in [5.41, 5.74) is 6.65. The third kappa shape index (κ3) is 3.40. The van der Waals surface area contributed by atoms with Gasteiger partial charge in [0.15, 0.2) is 12.4 Å². The molecule has 2 aromatic carbocycles. The van der Waals surface area contributed by atoms with E-state index in [9.17, 15) is 4.79 Å². The van der Waals surface area contributed by atoms with Crippen molar-refractivity contribution < 1.29 is 9.53 Å². The molecule has 19 heavy (non-hydrogen) atoms. The lowest BCUT2D eigenvalue weighted by atomic mass is 10.1. The fourth-order valence-corrected chi connectivity index (χ4v) is 1.81. The SMILES string of the molecule is Nc1ccccc1OCC(=O)c1ccc(Cl)c(Cl)c1. The van der Waals surface area contributed by atoms with Crippen LogP contribution >= 0.6 is 23.2 Å². The zero-order valence-corrected chi connectivity index (χ0v) is 11.4. The number of anilines is 1. The van der Waals surface area contributed by atoms with Crippen LogP contribution in [-0.2, 0) is 0 Å². The Hall–Kier alpha value is -1.71. The molecular weight excluding hydrogens is 285 g/mol. The average molecular weight is 296 g/mol. The topological polar surface area (TPSA) is 52.3 Å². The Kier molecular flexibility index (Phi) is 4.30. The summed E-state index contributed by atoms with van der Waals surface area (Å²) < 4.78 is 5.37. The molecule has 98 valence electrons. The number of carbonyl (C=O) groups excluding carboxylic acids is 1. The number of ether oxygens (including phenoxy) is 1. The van der Waals surface area contributed by atoms with Crippen LogP contribution in [0.5, 0.6) is 5.75 Å². The fourth-order valence-electron chi connectivity index (χ4n) is 1.51. The number of hydrogen-bond donors (Lipinski definition) is 1. The van der Waals surface area contributed by atoms with Gasteiger partial charge in [-0.1, -0.05) is 35.3 Å².